The number of carbonyl (C=O) groups excluding carboxylic acids is 2. The lowest BCUT2D eigenvalue weighted by Gasteiger charge is -2.35. The number of anilines is 5. The lowest BCUT2D eigenvalue weighted by Crippen LogP contribution is -2.48. The van der Waals surface area contributed by atoms with Crippen LogP contribution >= 0.6 is 0 Å². The predicted octanol–water partition coefficient (Wildman–Crippen LogP) is 0.929. The van der Waals surface area contributed by atoms with Crippen LogP contribution in [0.25, 0.3) is 11.1 Å². The summed E-state index contributed by atoms with van der Waals surface area (Å²) in [6, 6.07) is 5.18. The number of amides is 2. The van der Waals surface area contributed by atoms with Gasteiger partial charge in [-0.2, -0.15) is 4.98 Å². The normalized spacial score (nSPS) is 13.8. The number of rotatable bonds is 23. The number of nitrogens with two attached hydrogens (primary N) is 2. The minimum absolute atomic E-state index is 0.0504. The van der Waals surface area contributed by atoms with Crippen molar-refractivity contribution in [2.45, 2.75) is 32.2 Å². The number of nitrogens with zero attached hydrogens (tertiary/aromatic N) is 9. The average Bonchev–Trinajstić information content (AvgIpc) is 3.69. The molecule has 0 bridgehead atoms. The van der Waals surface area contributed by atoms with Crippen molar-refractivity contribution in [1.29, 1.82) is 5.41 Å². The van der Waals surface area contributed by atoms with E-state index in [0.717, 1.165) is 70.2 Å². The molecule has 7 rings (SSSR count). The van der Waals surface area contributed by atoms with E-state index in [-0.39, 0.29) is 42.4 Å². The van der Waals surface area contributed by atoms with Gasteiger partial charge < -0.3 is 61.2 Å². The van der Waals surface area contributed by atoms with Gasteiger partial charge >= 0.3 is 0 Å². The molecule has 2 amide bonds. The summed E-state index contributed by atoms with van der Waals surface area (Å²) in [7, 11) is 0. The molecule has 0 unspecified atom stereocenters. The standard InChI is InChI=1S/C41H54N16O6/c42-35(27-3-4-32-31(21-27)54-39(44)63-32)34-36(43)52-26-53-37(34)47-8-2-1-7-46-33(58)6-15-60-17-19-62-20-18-61-16-10-48-38(59)29-24-49-40(50-25-29)56-11-13-57(14-12-56)41-51-23-28-22-45-9-5-30(28)55-41/h3-4,21,23-26,42,45H,1-2,5-20,22H2,(H2,44,54)(H,46,58)(H,48,59)(H3,43,47,52,53). The number of hydrogen-bond acceptors (Lipinski definition) is 20. The van der Waals surface area contributed by atoms with Gasteiger partial charge in [0.2, 0.25) is 17.8 Å². The second kappa shape index (κ2) is 22.5. The molecule has 0 atom stereocenters. The van der Waals surface area contributed by atoms with E-state index in [1.807, 2.05) is 6.20 Å². The quantitative estimate of drug-likeness (QED) is 0.0355. The molecule has 1 fully saturated rings. The number of nitrogens with one attached hydrogen (secondary N) is 5. The molecule has 0 spiro atoms. The number of unbranched alkanes of at least 4 members (excludes halogenated alkanes) is 1. The van der Waals surface area contributed by atoms with Crippen molar-refractivity contribution in [2.24, 2.45) is 0 Å². The first-order valence-electron chi connectivity index (χ1n) is 21.1. The molecular weight excluding hydrogens is 813 g/mol. The molecule has 6 heterocycles. The van der Waals surface area contributed by atoms with Gasteiger partial charge in [-0.1, -0.05) is 0 Å². The third kappa shape index (κ3) is 12.5. The molecule has 0 aliphatic carbocycles. The van der Waals surface area contributed by atoms with Crippen molar-refractivity contribution in [3.05, 3.63) is 71.1 Å². The number of fused-ring (bicyclic) bond motifs is 2. The molecule has 5 aromatic rings. The summed E-state index contributed by atoms with van der Waals surface area (Å²) in [5.74, 6) is 1.61. The van der Waals surface area contributed by atoms with Crippen LogP contribution in [-0.4, -0.2) is 144 Å². The smallest absolute Gasteiger partial charge is 0.292 e. The van der Waals surface area contributed by atoms with Gasteiger partial charge in [-0.3, -0.25) is 15.0 Å². The van der Waals surface area contributed by atoms with Crippen LogP contribution < -0.4 is 42.5 Å². The first-order valence-corrected chi connectivity index (χ1v) is 21.1. The molecule has 22 heteroatoms. The summed E-state index contributed by atoms with van der Waals surface area (Å²) in [6.45, 7) is 8.20. The van der Waals surface area contributed by atoms with Gasteiger partial charge in [0.15, 0.2) is 5.58 Å². The Morgan fingerprint density at radius 1 is 0.794 bits per heavy atom. The molecule has 0 radical (unpaired) electrons. The first-order chi connectivity index (χ1) is 30.8. The lowest BCUT2D eigenvalue weighted by atomic mass is 10.0. The van der Waals surface area contributed by atoms with Crippen molar-refractivity contribution < 1.29 is 28.2 Å². The Balaban J connectivity index is 0.663. The summed E-state index contributed by atoms with van der Waals surface area (Å²) < 4.78 is 21.9. The Labute approximate surface area is 363 Å². The second-order valence-electron chi connectivity index (χ2n) is 14.7. The monoisotopic (exact) mass is 866 g/mol. The fraction of sp³-hybridized carbons (Fsp3) is 0.463. The van der Waals surface area contributed by atoms with Crippen LogP contribution in [-0.2, 0) is 32.0 Å². The predicted molar refractivity (Wildman–Crippen MR) is 235 cm³/mol. The number of ether oxygens (including phenoxy) is 3. The summed E-state index contributed by atoms with van der Waals surface area (Å²) >= 11 is 0. The average molecular weight is 867 g/mol. The Hall–Kier alpha value is -6.62. The van der Waals surface area contributed by atoms with Gasteiger partial charge in [0.1, 0.15) is 23.5 Å². The fourth-order valence-corrected chi connectivity index (χ4v) is 6.93. The maximum atomic E-state index is 12.6. The number of nitrogen functional groups attached to an aromatic ring is 2. The highest BCUT2D eigenvalue weighted by molar-refractivity contribution is 6.17. The van der Waals surface area contributed by atoms with Gasteiger partial charge in [0.05, 0.1) is 62.2 Å². The minimum Gasteiger partial charge on any atom is -0.424 e. The van der Waals surface area contributed by atoms with Gasteiger partial charge in [0, 0.05) is 101 Å². The topological polar surface area (TPSA) is 296 Å². The van der Waals surface area contributed by atoms with Crippen molar-refractivity contribution in [1.82, 2.24) is 50.8 Å². The summed E-state index contributed by atoms with van der Waals surface area (Å²) in [6.07, 6.45) is 8.99. The number of carbonyl (C=O) groups is 2. The highest BCUT2D eigenvalue weighted by Crippen LogP contribution is 2.25. The highest BCUT2D eigenvalue weighted by Gasteiger charge is 2.23. The lowest BCUT2D eigenvalue weighted by molar-refractivity contribution is -0.122. The van der Waals surface area contributed by atoms with Crippen LogP contribution in [0.15, 0.2) is 47.5 Å². The van der Waals surface area contributed by atoms with E-state index in [1.165, 1.54) is 11.9 Å². The van der Waals surface area contributed by atoms with Crippen molar-refractivity contribution in [3.63, 3.8) is 0 Å². The number of benzene rings is 1. The van der Waals surface area contributed by atoms with Gasteiger partial charge in [-0.25, -0.2) is 29.9 Å². The molecule has 22 nitrogen and oxygen atoms in total. The second-order valence-corrected chi connectivity index (χ2v) is 14.7. The SMILES string of the molecule is N=C(c1ccc2oc(N)nc2c1)c1c(N)ncnc1NCCCCNC(=O)CCOCCOCCOCCNC(=O)c1cnc(N2CCN(c3ncc4c(n3)CCNC4)CC2)nc1. The zero-order valence-electron chi connectivity index (χ0n) is 35.1. The maximum Gasteiger partial charge on any atom is 0.292 e. The number of oxazole rings is 1. The van der Waals surface area contributed by atoms with E-state index in [2.05, 4.69) is 61.0 Å². The van der Waals surface area contributed by atoms with Crippen molar-refractivity contribution in [2.75, 3.05) is 119 Å². The Kier molecular flexibility index (Phi) is 15.8. The van der Waals surface area contributed by atoms with E-state index in [0.29, 0.717) is 92.2 Å². The fourth-order valence-electron chi connectivity index (χ4n) is 6.93. The number of hydrogen-bond donors (Lipinski definition) is 7. The molecule has 1 aromatic carbocycles. The Morgan fingerprint density at radius 3 is 2.30 bits per heavy atom. The molecule has 2 aliphatic heterocycles. The van der Waals surface area contributed by atoms with Crippen LogP contribution in [0.5, 0.6) is 0 Å². The van der Waals surface area contributed by atoms with Crippen molar-refractivity contribution >= 4 is 58.2 Å². The largest absolute Gasteiger partial charge is 0.424 e. The summed E-state index contributed by atoms with van der Waals surface area (Å²) in [5, 5.41) is 21.1. The minimum atomic E-state index is -0.268. The van der Waals surface area contributed by atoms with E-state index in [9.17, 15) is 9.59 Å². The van der Waals surface area contributed by atoms with Crippen LogP contribution in [0.3, 0.4) is 0 Å². The number of piperazine rings is 1. The third-order valence-corrected chi connectivity index (χ3v) is 10.3. The van der Waals surface area contributed by atoms with Crippen LogP contribution in [0, 0.1) is 5.41 Å². The molecular formula is C41H54N16O6. The molecule has 9 N–H and O–H groups in total. The summed E-state index contributed by atoms with van der Waals surface area (Å²) in [5.41, 5.74) is 16.6. The maximum absolute atomic E-state index is 12.6. The number of aromatic nitrogens is 7. The third-order valence-electron chi connectivity index (χ3n) is 10.3. The van der Waals surface area contributed by atoms with Crippen LogP contribution in [0.4, 0.5) is 29.5 Å². The zero-order chi connectivity index (χ0) is 43.8. The Morgan fingerprint density at radius 2 is 1.51 bits per heavy atom. The van der Waals surface area contributed by atoms with E-state index in [4.69, 9.17) is 40.5 Å². The van der Waals surface area contributed by atoms with Gasteiger partial charge in [0.25, 0.3) is 11.9 Å². The van der Waals surface area contributed by atoms with Crippen LogP contribution in [0.1, 0.15) is 52.0 Å². The van der Waals surface area contributed by atoms with Gasteiger partial charge in [-0.15, -0.1) is 0 Å². The van der Waals surface area contributed by atoms with Gasteiger partial charge in [-0.05, 0) is 31.0 Å². The first kappa shape index (κ1) is 44.4. The molecule has 334 valence electrons. The van der Waals surface area contributed by atoms with E-state index >= 15 is 0 Å². The molecule has 1 saturated heterocycles. The molecule has 2 aliphatic rings. The van der Waals surface area contributed by atoms with Crippen LogP contribution in [0.2, 0.25) is 0 Å². The van der Waals surface area contributed by atoms with E-state index in [1.54, 1.807) is 30.6 Å². The molecule has 63 heavy (non-hydrogen) atoms. The van der Waals surface area contributed by atoms with Crippen molar-refractivity contribution in [3.8, 4) is 0 Å². The summed E-state index contributed by atoms with van der Waals surface area (Å²) in [4.78, 5) is 59.9. The highest BCUT2D eigenvalue weighted by atomic mass is 16.5. The zero-order valence-corrected chi connectivity index (χ0v) is 35.1. The molecule has 4 aromatic heterocycles. The molecule has 0 saturated carbocycles. The Bertz CT molecular complexity index is 2300. The van der Waals surface area contributed by atoms with E-state index < -0.39 is 0 Å².